The summed E-state index contributed by atoms with van der Waals surface area (Å²) in [5.41, 5.74) is 1.38. The Balaban J connectivity index is 1.45. The largest absolute Gasteiger partial charge is 0.493 e. The summed E-state index contributed by atoms with van der Waals surface area (Å²) in [6.45, 7) is 3.94. The fraction of sp³-hybridized carbons (Fsp3) is 0.286. The minimum Gasteiger partial charge on any atom is -0.493 e. The number of benzene rings is 3. The number of hydrogen-bond donors (Lipinski definition) is 2. The van der Waals surface area contributed by atoms with Gasteiger partial charge < -0.3 is 24.3 Å². The highest BCUT2D eigenvalue weighted by molar-refractivity contribution is 7.80. The summed E-state index contributed by atoms with van der Waals surface area (Å²) in [5, 5.41) is 5.98. The summed E-state index contributed by atoms with van der Waals surface area (Å²) in [5.74, 6) is 2.40. The molecule has 0 aliphatic carbocycles. The van der Waals surface area contributed by atoms with Crippen LogP contribution in [0.2, 0.25) is 0 Å². The smallest absolute Gasteiger partial charge is 0.257 e. The maximum Gasteiger partial charge on any atom is 0.257 e. The second-order valence-electron chi connectivity index (χ2n) is 7.86. The van der Waals surface area contributed by atoms with Gasteiger partial charge in [-0.25, -0.2) is 0 Å². The predicted octanol–water partition coefficient (Wildman–Crippen LogP) is 5.14. The molecule has 0 fully saturated rings. The number of thiocarbonyl (C=S) groups is 1. The van der Waals surface area contributed by atoms with Crippen molar-refractivity contribution in [3.05, 3.63) is 83.9 Å². The Kier molecular flexibility index (Phi) is 10.9. The van der Waals surface area contributed by atoms with Crippen LogP contribution in [0, 0.1) is 0 Å². The lowest BCUT2D eigenvalue weighted by molar-refractivity contribution is 0.0976. The highest BCUT2D eigenvalue weighted by Crippen LogP contribution is 2.28. The van der Waals surface area contributed by atoms with Crippen molar-refractivity contribution < 1.29 is 23.7 Å². The van der Waals surface area contributed by atoms with E-state index in [-0.39, 0.29) is 11.0 Å². The van der Waals surface area contributed by atoms with E-state index in [4.69, 9.17) is 31.2 Å². The number of methoxy groups -OCH3 is 1. The van der Waals surface area contributed by atoms with Crippen molar-refractivity contribution in [3.8, 4) is 23.0 Å². The van der Waals surface area contributed by atoms with Gasteiger partial charge in [0.25, 0.3) is 5.91 Å². The molecule has 0 aromatic heterocycles. The zero-order valence-corrected chi connectivity index (χ0v) is 21.4. The van der Waals surface area contributed by atoms with Gasteiger partial charge >= 0.3 is 0 Å². The van der Waals surface area contributed by atoms with E-state index >= 15 is 0 Å². The van der Waals surface area contributed by atoms with Crippen LogP contribution >= 0.6 is 12.2 Å². The molecule has 8 heteroatoms. The number of carbonyl (C=O) groups is 1. The first kappa shape index (κ1) is 26.8. The molecule has 3 rings (SSSR count). The van der Waals surface area contributed by atoms with Crippen LogP contribution in [0.15, 0.2) is 72.8 Å². The van der Waals surface area contributed by atoms with E-state index in [2.05, 4.69) is 17.6 Å². The van der Waals surface area contributed by atoms with Crippen molar-refractivity contribution in [2.75, 3.05) is 26.9 Å². The summed E-state index contributed by atoms with van der Waals surface area (Å²) < 4.78 is 22.5. The third kappa shape index (κ3) is 8.78. The van der Waals surface area contributed by atoms with Gasteiger partial charge in [0.1, 0.15) is 24.7 Å². The van der Waals surface area contributed by atoms with Crippen molar-refractivity contribution >= 4 is 23.2 Å². The monoisotopic (exact) mass is 508 g/mol. The highest BCUT2D eigenvalue weighted by atomic mass is 32.1. The van der Waals surface area contributed by atoms with Gasteiger partial charge in [-0.15, -0.1) is 0 Å². The third-order valence-electron chi connectivity index (χ3n) is 5.12. The maximum absolute atomic E-state index is 12.6. The van der Waals surface area contributed by atoms with E-state index in [1.165, 1.54) is 0 Å². The average Bonchev–Trinajstić information content (AvgIpc) is 2.91. The van der Waals surface area contributed by atoms with E-state index in [1.54, 1.807) is 31.4 Å². The SMILES string of the molecule is CCCCOc1ccc(CNC(=S)NC(=O)c2cccc(OCCOc3ccccc3)c2)cc1OC. The van der Waals surface area contributed by atoms with Crippen LogP contribution in [0.3, 0.4) is 0 Å². The Morgan fingerprint density at radius 3 is 2.33 bits per heavy atom. The Labute approximate surface area is 217 Å². The Bertz CT molecular complexity index is 1120. The fourth-order valence-electron chi connectivity index (χ4n) is 3.23. The number of carbonyl (C=O) groups excluding carboxylic acids is 1. The molecule has 3 aromatic rings. The van der Waals surface area contributed by atoms with Crippen LogP contribution in [0.4, 0.5) is 0 Å². The van der Waals surface area contributed by atoms with Crippen LogP contribution in [0.25, 0.3) is 0 Å². The molecule has 1 amide bonds. The molecule has 7 nitrogen and oxygen atoms in total. The Morgan fingerprint density at radius 1 is 0.833 bits per heavy atom. The molecule has 0 saturated heterocycles. The molecule has 0 aliphatic heterocycles. The summed E-state index contributed by atoms with van der Waals surface area (Å²) in [6, 6.07) is 22.1. The van der Waals surface area contributed by atoms with Gasteiger partial charge in [-0.3, -0.25) is 10.1 Å². The number of para-hydroxylation sites is 1. The second kappa shape index (κ2) is 14.6. The number of amides is 1. The molecule has 0 aliphatic rings. The van der Waals surface area contributed by atoms with Crippen LogP contribution in [-0.4, -0.2) is 38.0 Å². The maximum atomic E-state index is 12.6. The fourth-order valence-corrected chi connectivity index (χ4v) is 3.40. The molecule has 2 N–H and O–H groups in total. The zero-order valence-electron chi connectivity index (χ0n) is 20.6. The van der Waals surface area contributed by atoms with E-state index < -0.39 is 0 Å². The van der Waals surface area contributed by atoms with Gasteiger partial charge in [0.2, 0.25) is 0 Å². The first-order chi connectivity index (χ1) is 17.6. The van der Waals surface area contributed by atoms with Gasteiger partial charge in [-0.2, -0.15) is 0 Å². The quantitative estimate of drug-likeness (QED) is 0.245. The Morgan fingerprint density at radius 2 is 1.58 bits per heavy atom. The second-order valence-corrected chi connectivity index (χ2v) is 8.27. The summed E-state index contributed by atoms with van der Waals surface area (Å²) in [4.78, 5) is 12.6. The average molecular weight is 509 g/mol. The summed E-state index contributed by atoms with van der Waals surface area (Å²) in [7, 11) is 1.61. The van der Waals surface area contributed by atoms with E-state index in [0.717, 1.165) is 24.2 Å². The molecule has 36 heavy (non-hydrogen) atoms. The number of nitrogens with one attached hydrogen (secondary N) is 2. The van der Waals surface area contributed by atoms with Gasteiger partial charge in [-0.1, -0.05) is 43.7 Å². The van der Waals surface area contributed by atoms with E-state index in [0.29, 0.717) is 49.2 Å². The number of unbranched alkanes of at least 4 members (excludes halogenated alkanes) is 1. The van der Waals surface area contributed by atoms with E-state index in [9.17, 15) is 4.79 Å². The van der Waals surface area contributed by atoms with Gasteiger partial charge in [0.05, 0.1) is 13.7 Å². The molecular formula is C28H32N2O5S. The van der Waals surface area contributed by atoms with Gasteiger partial charge in [0.15, 0.2) is 16.6 Å². The van der Waals surface area contributed by atoms with Crippen molar-refractivity contribution in [1.82, 2.24) is 10.6 Å². The van der Waals surface area contributed by atoms with Crippen LogP contribution < -0.4 is 29.6 Å². The lowest BCUT2D eigenvalue weighted by Gasteiger charge is -2.14. The van der Waals surface area contributed by atoms with Crippen molar-refractivity contribution in [2.45, 2.75) is 26.3 Å². The molecule has 3 aromatic carbocycles. The first-order valence-electron chi connectivity index (χ1n) is 11.9. The number of hydrogen-bond acceptors (Lipinski definition) is 6. The minimum absolute atomic E-state index is 0.227. The predicted molar refractivity (Wildman–Crippen MR) is 144 cm³/mol. The first-order valence-corrected chi connectivity index (χ1v) is 12.3. The van der Waals surface area contributed by atoms with Gasteiger partial charge in [-0.05, 0) is 66.7 Å². The third-order valence-corrected chi connectivity index (χ3v) is 5.37. The lowest BCUT2D eigenvalue weighted by Crippen LogP contribution is -2.38. The molecule has 0 bridgehead atoms. The summed E-state index contributed by atoms with van der Waals surface area (Å²) >= 11 is 5.31. The lowest BCUT2D eigenvalue weighted by atomic mass is 10.2. The van der Waals surface area contributed by atoms with Crippen LogP contribution in [0.5, 0.6) is 23.0 Å². The number of rotatable bonds is 13. The molecule has 0 unspecified atom stereocenters. The highest BCUT2D eigenvalue weighted by Gasteiger charge is 2.10. The zero-order chi connectivity index (χ0) is 25.6. The summed E-state index contributed by atoms with van der Waals surface area (Å²) in [6.07, 6.45) is 2.05. The Hall–Kier alpha value is -3.78. The minimum atomic E-state index is -0.323. The van der Waals surface area contributed by atoms with Gasteiger partial charge in [0, 0.05) is 12.1 Å². The standard InChI is InChI=1S/C28H32N2O5S/c1-3-4-15-35-25-14-13-21(18-26(25)32-2)20-29-28(36)30-27(31)22-9-8-12-24(19-22)34-17-16-33-23-10-6-5-7-11-23/h5-14,18-19H,3-4,15-17,20H2,1-2H3,(H2,29,30,31,36). The van der Waals surface area contributed by atoms with Crippen molar-refractivity contribution in [2.24, 2.45) is 0 Å². The van der Waals surface area contributed by atoms with Crippen LogP contribution in [-0.2, 0) is 6.54 Å². The molecule has 0 spiro atoms. The molecule has 0 atom stereocenters. The van der Waals surface area contributed by atoms with Crippen molar-refractivity contribution in [3.63, 3.8) is 0 Å². The molecule has 0 radical (unpaired) electrons. The number of ether oxygens (including phenoxy) is 4. The molecule has 0 heterocycles. The van der Waals surface area contributed by atoms with Crippen LogP contribution in [0.1, 0.15) is 35.7 Å². The van der Waals surface area contributed by atoms with Crippen molar-refractivity contribution in [1.29, 1.82) is 0 Å². The molecule has 190 valence electrons. The normalized spacial score (nSPS) is 10.3. The molecular weight excluding hydrogens is 476 g/mol. The topological polar surface area (TPSA) is 78.1 Å². The van der Waals surface area contributed by atoms with E-state index in [1.807, 2.05) is 48.5 Å². The molecule has 0 saturated carbocycles.